The molecular weight excluding hydrogens is 471 g/mol. The molecule has 0 N–H and O–H groups in total. The van der Waals surface area contributed by atoms with Gasteiger partial charge in [0.25, 0.3) is 10.0 Å². The Kier molecular flexibility index (Phi) is 7.31. The number of carbonyl (C=O) groups excluding carboxylic acids is 1. The number of halogens is 3. The molecule has 0 spiro atoms. The number of rotatable bonds is 8. The first-order valence-electron chi connectivity index (χ1n) is 9.84. The van der Waals surface area contributed by atoms with Gasteiger partial charge < -0.3 is 9.47 Å². The Bertz CT molecular complexity index is 1310. The molecule has 0 aliphatic carbocycles. The van der Waals surface area contributed by atoms with Crippen molar-refractivity contribution in [2.24, 2.45) is 0 Å². The van der Waals surface area contributed by atoms with Crippen molar-refractivity contribution in [1.82, 2.24) is 0 Å². The third-order valence-electron chi connectivity index (χ3n) is 4.68. The molecule has 0 saturated carbocycles. The summed E-state index contributed by atoms with van der Waals surface area (Å²) < 4.78 is 77.0. The summed E-state index contributed by atoms with van der Waals surface area (Å²) >= 11 is 0. The van der Waals surface area contributed by atoms with E-state index in [-0.39, 0.29) is 28.4 Å². The van der Waals surface area contributed by atoms with Crippen molar-refractivity contribution in [3.8, 4) is 11.5 Å². The van der Waals surface area contributed by atoms with E-state index in [1.807, 2.05) is 0 Å². The number of methoxy groups -OCH3 is 1. The van der Waals surface area contributed by atoms with Crippen LogP contribution in [0.2, 0.25) is 0 Å². The predicted molar refractivity (Wildman–Crippen MR) is 121 cm³/mol. The van der Waals surface area contributed by atoms with Crippen LogP contribution in [-0.2, 0) is 16.2 Å². The molecule has 0 radical (unpaired) electrons. The van der Waals surface area contributed by atoms with E-state index in [0.29, 0.717) is 11.8 Å². The highest BCUT2D eigenvalue weighted by Gasteiger charge is 2.31. The molecule has 178 valence electrons. The molecule has 3 aromatic rings. The van der Waals surface area contributed by atoms with Gasteiger partial charge in [-0.1, -0.05) is 30.3 Å². The molecule has 0 aliphatic rings. The molecule has 0 bridgehead atoms. The second-order valence-electron chi connectivity index (χ2n) is 6.94. The number of ether oxygens (including phenoxy) is 2. The highest BCUT2D eigenvalue weighted by atomic mass is 32.2. The SMILES string of the molecule is C=CCN(c1ccccc1OC)S(=O)(=O)c1cccc(C(=O)Oc2cccc(C(F)(F)F)c2)c1. The maximum atomic E-state index is 13.4. The fraction of sp³-hybridized carbons (Fsp3) is 0.125. The van der Waals surface area contributed by atoms with Crippen LogP contribution in [0.3, 0.4) is 0 Å². The number of anilines is 1. The molecule has 0 heterocycles. The van der Waals surface area contributed by atoms with Crippen LogP contribution < -0.4 is 13.8 Å². The summed E-state index contributed by atoms with van der Waals surface area (Å²) in [5, 5.41) is 0. The first-order chi connectivity index (χ1) is 16.1. The Morgan fingerprint density at radius 1 is 1.03 bits per heavy atom. The number of hydrogen-bond donors (Lipinski definition) is 0. The lowest BCUT2D eigenvalue weighted by Crippen LogP contribution is -2.31. The molecule has 34 heavy (non-hydrogen) atoms. The van der Waals surface area contributed by atoms with Crippen LogP contribution in [0, 0.1) is 0 Å². The second kappa shape index (κ2) is 10.0. The number of alkyl halides is 3. The number of hydrogen-bond acceptors (Lipinski definition) is 5. The standard InChI is InChI=1S/C24H20F3NO5S/c1-3-14-28(21-12-4-5-13-22(21)32-2)34(30,31)20-11-6-8-17(15-20)23(29)33-19-10-7-9-18(16-19)24(25,26)27/h3-13,15-16H,1,14H2,2H3. The van der Waals surface area contributed by atoms with Crippen molar-refractivity contribution in [3.05, 3.63) is 96.6 Å². The van der Waals surface area contributed by atoms with Crippen molar-refractivity contribution < 1.29 is 35.9 Å². The molecule has 0 amide bonds. The van der Waals surface area contributed by atoms with Gasteiger partial charge in [-0.05, 0) is 48.5 Å². The number of sulfonamides is 1. The van der Waals surface area contributed by atoms with Gasteiger partial charge in [-0.2, -0.15) is 13.2 Å². The minimum absolute atomic E-state index is 0.0817. The molecule has 0 aliphatic heterocycles. The summed E-state index contributed by atoms with van der Waals surface area (Å²) in [5.74, 6) is -1.02. The number of benzene rings is 3. The molecule has 0 aromatic heterocycles. The van der Waals surface area contributed by atoms with Gasteiger partial charge in [-0.15, -0.1) is 6.58 Å². The van der Waals surface area contributed by atoms with E-state index in [2.05, 4.69) is 6.58 Å². The first kappa shape index (κ1) is 24.8. The minimum atomic E-state index is -4.61. The third kappa shape index (κ3) is 5.40. The van der Waals surface area contributed by atoms with Crippen LogP contribution in [0.1, 0.15) is 15.9 Å². The summed E-state index contributed by atoms with van der Waals surface area (Å²) in [6.45, 7) is 3.52. The highest BCUT2D eigenvalue weighted by molar-refractivity contribution is 7.92. The van der Waals surface area contributed by atoms with E-state index in [9.17, 15) is 26.4 Å². The molecule has 0 atom stereocenters. The highest BCUT2D eigenvalue weighted by Crippen LogP contribution is 2.33. The maximum Gasteiger partial charge on any atom is 0.416 e. The van der Waals surface area contributed by atoms with E-state index in [4.69, 9.17) is 9.47 Å². The summed E-state index contributed by atoms with van der Waals surface area (Å²) in [6.07, 6.45) is -3.21. The maximum absolute atomic E-state index is 13.4. The lowest BCUT2D eigenvalue weighted by Gasteiger charge is -2.25. The monoisotopic (exact) mass is 491 g/mol. The van der Waals surface area contributed by atoms with E-state index in [1.165, 1.54) is 37.5 Å². The molecule has 3 rings (SSSR count). The number of carbonyl (C=O) groups is 1. The van der Waals surface area contributed by atoms with Crippen molar-refractivity contribution in [2.45, 2.75) is 11.1 Å². The zero-order chi connectivity index (χ0) is 24.9. The minimum Gasteiger partial charge on any atom is -0.495 e. The second-order valence-corrected chi connectivity index (χ2v) is 8.80. The van der Waals surface area contributed by atoms with Crippen LogP contribution in [-0.4, -0.2) is 28.0 Å². The van der Waals surface area contributed by atoms with Crippen molar-refractivity contribution in [1.29, 1.82) is 0 Å². The molecule has 6 nitrogen and oxygen atoms in total. The van der Waals surface area contributed by atoms with Crippen LogP contribution in [0.4, 0.5) is 18.9 Å². The van der Waals surface area contributed by atoms with Crippen LogP contribution in [0.25, 0.3) is 0 Å². The fourth-order valence-corrected chi connectivity index (χ4v) is 4.58. The first-order valence-corrected chi connectivity index (χ1v) is 11.3. The van der Waals surface area contributed by atoms with E-state index >= 15 is 0 Å². The zero-order valence-corrected chi connectivity index (χ0v) is 18.8. The van der Waals surface area contributed by atoms with Crippen molar-refractivity contribution in [2.75, 3.05) is 18.0 Å². The molecule has 0 unspecified atom stereocenters. The quantitative estimate of drug-likeness (QED) is 0.242. The number of esters is 1. The van der Waals surface area contributed by atoms with Crippen molar-refractivity contribution >= 4 is 21.7 Å². The number of para-hydroxylation sites is 2. The Hall–Kier alpha value is -3.79. The molecular formula is C24H20F3NO5S. The summed E-state index contributed by atoms with van der Waals surface area (Å²) in [4.78, 5) is 12.3. The van der Waals surface area contributed by atoms with Gasteiger partial charge in [0.2, 0.25) is 0 Å². The van der Waals surface area contributed by atoms with Gasteiger partial charge in [-0.25, -0.2) is 13.2 Å². The van der Waals surface area contributed by atoms with Gasteiger partial charge in [-0.3, -0.25) is 4.31 Å². The average molecular weight is 491 g/mol. The van der Waals surface area contributed by atoms with Gasteiger partial charge in [0.05, 0.1) is 35.4 Å². The van der Waals surface area contributed by atoms with Gasteiger partial charge >= 0.3 is 12.1 Å². The van der Waals surface area contributed by atoms with Crippen LogP contribution >= 0.6 is 0 Å². The van der Waals surface area contributed by atoms with Crippen LogP contribution in [0.5, 0.6) is 11.5 Å². The Morgan fingerprint density at radius 2 is 1.74 bits per heavy atom. The Balaban J connectivity index is 1.94. The van der Waals surface area contributed by atoms with Crippen molar-refractivity contribution in [3.63, 3.8) is 0 Å². The number of nitrogens with zero attached hydrogens (tertiary/aromatic N) is 1. The fourth-order valence-electron chi connectivity index (χ4n) is 3.09. The Labute approximate surface area is 194 Å². The molecule has 0 saturated heterocycles. The smallest absolute Gasteiger partial charge is 0.416 e. The van der Waals surface area contributed by atoms with Gasteiger partial charge in [0.15, 0.2) is 0 Å². The summed E-state index contributed by atoms with van der Waals surface area (Å²) in [5.41, 5.74) is -0.870. The Morgan fingerprint density at radius 3 is 2.41 bits per heavy atom. The third-order valence-corrected chi connectivity index (χ3v) is 6.45. The van der Waals surface area contributed by atoms with Gasteiger partial charge in [0, 0.05) is 0 Å². The van der Waals surface area contributed by atoms with Gasteiger partial charge in [0.1, 0.15) is 11.5 Å². The molecule has 3 aromatic carbocycles. The molecule has 0 fully saturated rings. The lowest BCUT2D eigenvalue weighted by atomic mass is 10.2. The summed E-state index contributed by atoms with van der Waals surface area (Å²) in [7, 11) is -2.77. The topological polar surface area (TPSA) is 72.9 Å². The van der Waals surface area contributed by atoms with E-state index in [1.54, 1.807) is 24.3 Å². The van der Waals surface area contributed by atoms with E-state index in [0.717, 1.165) is 22.5 Å². The van der Waals surface area contributed by atoms with E-state index < -0.39 is 27.7 Å². The summed E-state index contributed by atoms with van der Waals surface area (Å²) in [6, 6.07) is 15.3. The largest absolute Gasteiger partial charge is 0.495 e. The molecule has 10 heteroatoms. The average Bonchev–Trinajstić information content (AvgIpc) is 2.82. The lowest BCUT2D eigenvalue weighted by molar-refractivity contribution is -0.137. The normalized spacial score (nSPS) is 11.5. The zero-order valence-electron chi connectivity index (χ0n) is 18.0. The van der Waals surface area contributed by atoms with Crippen LogP contribution in [0.15, 0.2) is 90.3 Å². The predicted octanol–water partition coefficient (Wildman–Crippen LogP) is 5.31.